The fraction of sp³-hybridized carbons (Fsp3) is 0.423. The molecular weight excluding hydrogens is 578 g/mol. The number of fused-ring (bicyclic) bond motifs is 1. The topological polar surface area (TPSA) is 167 Å². The lowest BCUT2D eigenvalue weighted by Gasteiger charge is -2.31. The fourth-order valence-corrected chi connectivity index (χ4v) is 6.69. The summed E-state index contributed by atoms with van der Waals surface area (Å²) in [7, 11) is 0. The number of anilines is 1. The molecule has 6 atom stereocenters. The third-order valence-corrected chi connectivity index (χ3v) is 8.80. The van der Waals surface area contributed by atoms with Crippen LogP contribution in [0.5, 0.6) is 5.75 Å². The first kappa shape index (κ1) is 31.0. The molecule has 1 fully saturated rings. The first-order valence-electron chi connectivity index (χ1n) is 12.7. The lowest BCUT2D eigenvalue weighted by molar-refractivity contribution is -0.203. The number of nitrogens with two attached hydrogens (primary N) is 1. The minimum absolute atomic E-state index is 0.0956. The van der Waals surface area contributed by atoms with Crippen LogP contribution in [0, 0.1) is 0 Å². The van der Waals surface area contributed by atoms with E-state index in [-0.39, 0.29) is 5.82 Å². The van der Waals surface area contributed by atoms with Crippen LogP contribution in [0.3, 0.4) is 0 Å². The predicted octanol–water partition coefficient (Wildman–Crippen LogP) is 2.54. The Kier molecular flexibility index (Phi) is 8.86. The van der Waals surface area contributed by atoms with Gasteiger partial charge in [0.15, 0.2) is 6.23 Å². The summed E-state index contributed by atoms with van der Waals surface area (Å²) in [4.78, 5) is 28.5. The zero-order valence-corrected chi connectivity index (χ0v) is 24.5. The number of hydrogen-bond donors (Lipinski definition) is 4. The van der Waals surface area contributed by atoms with Crippen LogP contribution in [0.1, 0.15) is 33.9 Å². The van der Waals surface area contributed by atoms with Gasteiger partial charge in [-0.05, 0) is 57.0 Å². The van der Waals surface area contributed by atoms with Gasteiger partial charge >= 0.3 is 18.3 Å². The van der Waals surface area contributed by atoms with Crippen molar-refractivity contribution in [2.24, 2.45) is 0 Å². The van der Waals surface area contributed by atoms with Gasteiger partial charge in [-0.1, -0.05) is 36.4 Å². The van der Waals surface area contributed by atoms with Gasteiger partial charge in [0.2, 0.25) is 0 Å². The fourth-order valence-electron chi connectivity index (χ4n) is 4.29. The maximum Gasteiger partial charge on any atom is 0.351 e. The molecule has 0 radical (unpaired) electrons. The van der Waals surface area contributed by atoms with E-state index in [1.54, 1.807) is 38.1 Å². The van der Waals surface area contributed by atoms with Crippen LogP contribution in [0.25, 0.3) is 10.8 Å². The highest BCUT2D eigenvalue weighted by molar-refractivity contribution is 8.09. The molecule has 1 aliphatic rings. The number of ether oxygens (including phenoxy) is 2. The van der Waals surface area contributed by atoms with Gasteiger partial charge in [-0.3, -0.25) is 9.36 Å². The molecular formula is C26H32FN4O8PS. The lowest BCUT2D eigenvalue weighted by Crippen LogP contribution is -2.50. The number of benzene rings is 2. The molecule has 2 aromatic carbocycles. The number of hydrogen-bond acceptors (Lipinski definition) is 11. The Balaban J connectivity index is 1.64. The summed E-state index contributed by atoms with van der Waals surface area (Å²) in [5, 5.41) is 26.1. The molecule has 41 heavy (non-hydrogen) atoms. The number of nitrogens with zero attached hydrogens (tertiary/aromatic N) is 2. The molecule has 1 aromatic heterocycles. The van der Waals surface area contributed by atoms with Crippen molar-refractivity contribution in [3.8, 4) is 5.75 Å². The SMILES string of the molecule is CC(C)OC(=O)[C@H](C)NP(=S)(OC[C@@]1(F)O[C@@H](n2ccc(N)nc2=O)[C@](C)(O)[C@@H]1O)Oc1cccc2ccccc12. The van der Waals surface area contributed by atoms with Gasteiger partial charge in [0.1, 0.15) is 35.9 Å². The van der Waals surface area contributed by atoms with E-state index in [1.165, 1.54) is 13.0 Å². The summed E-state index contributed by atoms with van der Waals surface area (Å²) in [6, 6.07) is 12.7. The number of halogens is 1. The van der Waals surface area contributed by atoms with Gasteiger partial charge in [0.25, 0.3) is 5.85 Å². The molecule has 0 amide bonds. The van der Waals surface area contributed by atoms with Crippen LogP contribution in [0.4, 0.5) is 10.2 Å². The van der Waals surface area contributed by atoms with Crippen LogP contribution >= 0.6 is 6.64 Å². The third-order valence-electron chi connectivity index (χ3n) is 6.33. The number of carbonyl (C=O) groups is 1. The second-order valence-electron chi connectivity index (χ2n) is 10.1. The average Bonchev–Trinajstić information content (AvgIpc) is 3.07. The van der Waals surface area contributed by atoms with E-state index in [0.29, 0.717) is 11.1 Å². The van der Waals surface area contributed by atoms with Crippen molar-refractivity contribution in [2.75, 3.05) is 12.3 Å². The zero-order chi connectivity index (χ0) is 30.2. The standard InChI is InChI=1S/C26H32FN4O8PS/c1-15(2)37-21(32)16(3)30-40(41,39-19-11-7-9-17-8-5-6-10-18(17)19)36-14-26(27)22(33)25(4,35)23(38-26)31-13-12-20(28)29-24(31)34/h5-13,15-16,22-23,33,35H,14H2,1-4H3,(H,30,41)(H2,28,29,34)/t16-,22-,23+,25+,26+,40?/m0/s1. The van der Waals surface area contributed by atoms with E-state index < -0.39 is 60.8 Å². The number of carbonyl (C=O) groups excluding carboxylic acids is 1. The highest BCUT2D eigenvalue weighted by Crippen LogP contribution is 2.51. The number of nitrogen functional groups attached to an aromatic ring is 1. The van der Waals surface area contributed by atoms with Gasteiger partial charge in [-0.15, -0.1) is 0 Å². The van der Waals surface area contributed by atoms with Crippen LogP contribution in [-0.2, 0) is 30.6 Å². The van der Waals surface area contributed by atoms with Crippen LogP contribution in [0.2, 0.25) is 0 Å². The number of aliphatic hydroxyl groups is 2. The van der Waals surface area contributed by atoms with Gasteiger partial charge in [0, 0.05) is 11.6 Å². The summed E-state index contributed by atoms with van der Waals surface area (Å²) in [5.74, 6) is -3.51. The number of nitrogens with one attached hydrogen (secondary N) is 1. The Labute approximate surface area is 240 Å². The number of aliphatic hydroxyl groups excluding tert-OH is 1. The van der Waals surface area contributed by atoms with Crippen molar-refractivity contribution in [1.29, 1.82) is 0 Å². The smallest absolute Gasteiger partial charge is 0.351 e. The Morgan fingerprint density at radius 2 is 1.95 bits per heavy atom. The number of aromatic nitrogens is 2. The molecule has 0 spiro atoms. The Bertz CT molecular complexity index is 1530. The van der Waals surface area contributed by atoms with E-state index in [2.05, 4.69) is 10.1 Å². The maximum atomic E-state index is 16.2. The van der Waals surface area contributed by atoms with Gasteiger partial charge in [-0.2, -0.15) is 4.98 Å². The van der Waals surface area contributed by atoms with Gasteiger partial charge in [-0.25, -0.2) is 14.3 Å². The van der Waals surface area contributed by atoms with Crippen molar-refractivity contribution < 1.29 is 37.9 Å². The lowest BCUT2D eigenvalue weighted by atomic mass is 9.95. The molecule has 12 nitrogen and oxygen atoms in total. The number of alkyl halides is 1. The largest absolute Gasteiger partial charge is 0.462 e. The quantitative estimate of drug-likeness (QED) is 0.196. The molecule has 3 aromatic rings. The molecule has 1 saturated heterocycles. The summed E-state index contributed by atoms with van der Waals surface area (Å²) in [5.41, 5.74) is 2.28. The Morgan fingerprint density at radius 3 is 2.63 bits per heavy atom. The van der Waals surface area contributed by atoms with Crippen LogP contribution < -0.4 is 21.0 Å². The molecule has 0 saturated carbocycles. The predicted molar refractivity (Wildman–Crippen MR) is 152 cm³/mol. The van der Waals surface area contributed by atoms with Crippen molar-refractivity contribution in [2.45, 2.75) is 63.6 Å². The molecule has 5 N–H and O–H groups in total. The summed E-state index contributed by atoms with van der Waals surface area (Å²) >= 11 is 5.70. The van der Waals surface area contributed by atoms with Crippen molar-refractivity contribution in [1.82, 2.24) is 14.6 Å². The first-order valence-corrected chi connectivity index (χ1v) is 15.3. The molecule has 2 heterocycles. The Morgan fingerprint density at radius 1 is 1.27 bits per heavy atom. The molecule has 0 bridgehead atoms. The highest BCUT2D eigenvalue weighted by Gasteiger charge is 2.63. The minimum atomic E-state index is -3.80. The summed E-state index contributed by atoms with van der Waals surface area (Å²) in [6.45, 7) is 1.10. The van der Waals surface area contributed by atoms with Crippen molar-refractivity contribution >= 4 is 41.0 Å². The molecule has 0 aliphatic carbocycles. The molecule has 4 rings (SSSR count). The van der Waals surface area contributed by atoms with Crippen LogP contribution in [0.15, 0.2) is 59.5 Å². The van der Waals surface area contributed by atoms with E-state index in [4.69, 9.17) is 36.1 Å². The van der Waals surface area contributed by atoms with Crippen LogP contribution in [-0.4, -0.2) is 62.0 Å². The highest BCUT2D eigenvalue weighted by atomic mass is 32.5. The zero-order valence-electron chi connectivity index (χ0n) is 22.8. The normalized spacial score (nSPS) is 26.5. The molecule has 1 aliphatic heterocycles. The second-order valence-corrected chi connectivity index (χ2v) is 13.2. The molecule has 1 unspecified atom stereocenters. The van der Waals surface area contributed by atoms with Gasteiger partial charge < -0.3 is 34.5 Å². The molecule has 15 heteroatoms. The summed E-state index contributed by atoms with van der Waals surface area (Å²) in [6.07, 6.45) is -3.16. The van der Waals surface area contributed by atoms with E-state index in [0.717, 1.165) is 23.1 Å². The van der Waals surface area contributed by atoms with Gasteiger partial charge in [0.05, 0.1) is 6.10 Å². The summed E-state index contributed by atoms with van der Waals surface area (Å²) < 4.78 is 39.5. The maximum absolute atomic E-state index is 16.2. The number of rotatable bonds is 10. The number of esters is 1. The van der Waals surface area contributed by atoms with Crippen molar-refractivity contribution in [3.63, 3.8) is 0 Å². The van der Waals surface area contributed by atoms with E-state index in [1.807, 2.05) is 18.2 Å². The monoisotopic (exact) mass is 610 g/mol. The van der Waals surface area contributed by atoms with E-state index in [9.17, 15) is 19.8 Å². The third kappa shape index (κ3) is 6.59. The molecule has 222 valence electrons. The second kappa shape index (κ2) is 11.7. The van der Waals surface area contributed by atoms with E-state index >= 15 is 4.39 Å². The first-order chi connectivity index (χ1) is 19.1. The minimum Gasteiger partial charge on any atom is -0.462 e. The van der Waals surface area contributed by atoms with Crippen molar-refractivity contribution in [3.05, 3.63) is 65.2 Å². The Hall–Kier alpha value is -2.97. The average molecular weight is 611 g/mol.